The van der Waals surface area contributed by atoms with E-state index in [2.05, 4.69) is 23.2 Å². The average Bonchev–Trinajstić information content (AvgIpc) is 3.16. The van der Waals surface area contributed by atoms with E-state index in [1.54, 1.807) is 0 Å². The molecule has 0 aromatic heterocycles. The number of hydrogen-bond acceptors (Lipinski definition) is 27. The number of rotatable bonds is 18. The van der Waals surface area contributed by atoms with Gasteiger partial charge in [-0.25, -0.2) is 12.5 Å². The van der Waals surface area contributed by atoms with Crippen LogP contribution in [0.1, 0.15) is 13.8 Å². The molecule has 4 aliphatic heterocycles. The molecule has 0 aromatic rings. The largest absolute Gasteiger partial charge is 0.397 e. The molecule has 4 saturated heterocycles. The number of carbonyl (C=O) groups is 2. The van der Waals surface area contributed by atoms with Gasteiger partial charge in [0.25, 0.3) is 0 Å². The van der Waals surface area contributed by atoms with Crippen LogP contribution in [0.15, 0.2) is 0 Å². The van der Waals surface area contributed by atoms with E-state index in [9.17, 15) is 89.9 Å². The molecule has 0 saturated carbocycles. The van der Waals surface area contributed by atoms with Gasteiger partial charge < -0.3 is 89.8 Å². The number of hydrogen-bond donors (Lipinski definition) is 14. The minimum absolute atomic E-state index is 0.870. The lowest BCUT2D eigenvalue weighted by molar-refractivity contribution is -0.376. The van der Waals surface area contributed by atoms with Crippen molar-refractivity contribution in [2.24, 2.45) is 0 Å². The number of aliphatic hydroxyl groups excluding tert-OH is 9. The minimum atomic E-state index is -5.35. The highest BCUT2D eigenvalue weighted by molar-refractivity contribution is 7.81. The van der Waals surface area contributed by atoms with Crippen molar-refractivity contribution in [2.45, 2.75) is 137 Å². The van der Waals surface area contributed by atoms with Crippen LogP contribution in [0.25, 0.3) is 0 Å². The van der Waals surface area contributed by atoms with E-state index >= 15 is 0 Å². The Hall–Kier alpha value is -2.09. The van der Waals surface area contributed by atoms with Crippen molar-refractivity contribution < 1.29 is 140 Å². The molecule has 0 bridgehead atoms. The summed E-state index contributed by atoms with van der Waals surface area (Å²) in [6, 6.07) is -3.77. The number of amides is 2. The summed E-state index contributed by atoms with van der Waals surface area (Å²) in [6.07, 6.45) is -38.4. The number of nitrogens with one attached hydrogen (secondary N) is 2. The smallest absolute Gasteiger partial charge is 0.394 e. The van der Waals surface area contributed by atoms with Crippen molar-refractivity contribution in [3.63, 3.8) is 0 Å². The van der Waals surface area contributed by atoms with Gasteiger partial charge in [0, 0.05) is 13.8 Å². The van der Waals surface area contributed by atoms with Gasteiger partial charge in [-0.1, -0.05) is 0 Å². The molecule has 4 rings (SSSR count). The molecule has 368 valence electrons. The first kappa shape index (κ1) is 53.5. The van der Waals surface area contributed by atoms with Gasteiger partial charge in [-0.05, 0) is 0 Å². The van der Waals surface area contributed by atoms with Crippen LogP contribution in [0.2, 0.25) is 0 Å². The highest BCUT2D eigenvalue weighted by atomic mass is 32.3. The molecular weight excluding hydrogens is 940 g/mol. The van der Waals surface area contributed by atoms with E-state index in [1.807, 2.05) is 0 Å². The zero-order valence-corrected chi connectivity index (χ0v) is 34.8. The lowest BCUT2D eigenvalue weighted by atomic mass is 9.94. The van der Waals surface area contributed by atoms with Crippen molar-refractivity contribution in [3.05, 3.63) is 0 Å². The van der Waals surface area contributed by atoms with E-state index < -0.39 is 192 Å². The van der Waals surface area contributed by atoms with Gasteiger partial charge in [0.1, 0.15) is 97.5 Å². The summed E-state index contributed by atoms with van der Waals surface area (Å²) in [7, 11) is -15.9. The number of aliphatic hydroxyl groups is 9. The fourth-order valence-corrected chi connectivity index (χ4v) is 7.69. The zero-order chi connectivity index (χ0) is 47.5. The van der Waals surface area contributed by atoms with Crippen LogP contribution in [-0.2, 0) is 86.5 Å². The van der Waals surface area contributed by atoms with E-state index in [0.717, 1.165) is 13.8 Å². The van der Waals surface area contributed by atoms with Gasteiger partial charge in [0.15, 0.2) is 25.2 Å². The lowest BCUT2D eigenvalue weighted by Crippen LogP contribution is -2.70. The maximum Gasteiger partial charge on any atom is 0.397 e. The Balaban J connectivity index is 1.73. The van der Waals surface area contributed by atoms with Gasteiger partial charge in [-0.2, -0.15) is 25.3 Å². The summed E-state index contributed by atoms with van der Waals surface area (Å²) in [5, 5.41) is 101. The molecule has 4 heterocycles. The zero-order valence-electron chi connectivity index (χ0n) is 32.3. The molecule has 0 spiro atoms. The first-order chi connectivity index (χ1) is 29.0. The van der Waals surface area contributed by atoms with Crippen molar-refractivity contribution in [1.82, 2.24) is 10.6 Å². The van der Waals surface area contributed by atoms with E-state index in [4.69, 9.17) is 37.7 Å². The van der Waals surface area contributed by atoms with Gasteiger partial charge in [-0.3, -0.25) is 23.2 Å². The SMILES string of the molecule is CC(=O)N[C@H]1[C@H](O[C@H]2[C@@H](O)[C@@H](COS(=O)(=O)O)O[C@@H](O[C@H]3[C@H](O)[C@@H](NC(C)=O)C(O)O[C@@H]3COS(=O)(=O)O)[C@@H]2O)O[C@H](COS(=O)(=O)O)[C@@H](O[C@@H]2O[C@H](CO)[C@H](O)[C@H](O)[C@H]2O)[C@@H]1O. The van der Waals surface area contributed by atoms with E-state index in [1.165, 1.54) is 0 Å². The molecule has 0 aromatic carbocycles. The van der Waals surface area contributed by atoms with E-state index in [0.29, 0.717) is 0 Å². The van der Waals surface area contributed by atoms with Crippen molar-refractivity contribution in [1.29, 1.82) is 0 Å². The molecule has 35 heteroatoms. The quantitative estimate of drug-likeness (QED) is 0.0567. The summed E-state index contributed by atoms with van der Waals surface area (Å²) in [6.45, 7) is -3.05. The Labute approximate surface area is 356 Å². The summed E-state index contributed by atoms with van der Waals surface area (Å²) >= 11 is 0. The average molecular weight is 989 g/mol. The van der Waals surface area contributed by atoms with Gasteiger partial charge in [0.05, 0.1) is 26.4 Å². The third kappa shape index (κ3) is 14.5. The van der Waals surface area contributed by atoms with E-state index in [-0.39, 0.29) is 0 Å². The second kappa shape index (κ2) is 21.7. The molecule has 0 aliphatic carbocycles. The van der Waals surface area contributed by atoms with Crippen LogP contribution in [-0.4, -0.2) is 246 Å². The summed E-state index contributed by atoms with van der Waals surface area (Å²) in [5.74, 6) is -1.85. The normalized spacial score (nSPS) is 41.7. The molecule has 14 N–H and O–H groups in total. The minimum Gasteiger partial charge on any atom is -0.394 e. The maximum atomic E-state index is 12.4. The fourth-order valence-electron chi connectivity index (χ4n) is 6.77. The van der Waals surface area contributed by atoms with Gasteiger partial charge in [-0.15, -0.1) is 0 Å². The second-order valence-corrected chi connectivity index (χ2v) is 17.5. The Bertz CT molecular complexity index is 1880. The molecule has 4 aliphatic rings. The monoisotopic (exact) mass is 988 g/mol. The molecule has 0 radical (unpaired) electrons. The molecule has 63 heavy (non-hydrogen) atoms. The summed E-state index contributed by atoms with van der Waals surface area (Å²) in [4.78, 5) is 24.3. The first-order valence-electron chi connectivity index (χ1n) is 18.0. The van der Waals surface area contributed by atoms with Gasteiger partial charge >= 0.3 is 31.2 Å². The van der Waals surface area contributed by atoms with Crippen molar-refractivity contribution in [2.75, 3.05) is 26.4 Å². The first-order valence-corrected chi connectivity index (χ1v) is 22.1. The van der Waals surface area contributed by atoms with Crippen LogP contribution in [0.5, 0.6) is 0 Å². The highest BCUT2D eigenvalue weighted by Crippen LogP contribution is 2.35. The predicted molar refractivity (Wildman–Crippen MR) is 188 cm³/mol. The predicted octanol–water partition coefficient (Wildman–Crippen LogP) is -9.98. The third-order valence-electron chi connectivity index (χ3n) is 9.61. The Morgan fingerprint density at radius 1 is 0.476 bits per heavy atom. The summed E-state index contributed by atoms with van der Waals surface area (Å²) in [5.41, 5.74) is 0. The number of ether oxygens (including phenoxy) is 7. The molecule has 20 atom stereocenters. The Morgan fingerprint density at radius 3 is 1.35 bits per heavy atom. The lowest BCUT2D eigenvalue weighted by Gasteiger charge is -2.50. The van der Waals surface area contributed by atoms with Crippen LogP contribution >= 0.6 is 0 Å². The molecule has 4 fully saturated rings. The van der Waals surface area contributed by atoms with Crippen LogP contribution in [0.4, 0.5) is 0 Å². The number of carbonyl (C=O) groups excluding carboxylic acids is 2. The van der Waals surface area contributed by atoms with Crippen LogP contribution in [0.3, 0.4) is 0 Å². The van der Waals surface area contributed by atoms with Gasteiger partial charge in [0.2, 0.25) is 11.8 Å². The van der Waals surface area contributed by atoms with Crippen molar-refractivity contribution >= 4 is 43.0 Å². The van der Waals surface area contributed by atoms with Crippen LogP contribution < -0.4 is 10.6 Å². The topological polar surface area (TPSA) is 496 Å². The van der Waals surface area contributed by atoms with Crippen LogP contribution in [0, 0.1) is 0 Å². The molecule has 32 nitrogen and oxygen atoms in total. The Morgan fingerprint density at radius 2 is 0.873 bits per heavy atom. The molecule has 1 unspecified atom stereocenters. The summed E-state index contributed by atoms with van der Waals surface area (Å²) < 4.78 is 148. The third-order valence-corrected chi connectivity index (χ3v) is 10.9. The standard InChI is InChI=1S/C28H48N2O30S3/c1-7(32)29-13-17(36)22(11(54-25(13)41)5-52-62(45,46)47)59-28-21(40)24(16(35)10(56-28)4-51-61(42,43)44)60-26-14(30-8(2)33)18(37)23(12(57-26)6-53-63(48,49)50)58-27-20(39)19(38)15(34)9(3-31)55-27/h9-28,31,34-41H,3-6H2,1-2H3,(H,29,32)(H,30,33)(H,42,43,44)(H,45,46,47)(H,48,49,50)/t9-,10-,11-,12-,13-,14-,15+,16+,17-,18-,19+,20-,21-,22-,23-,24+,25?,26+,27+,28+/m1/s1. The maximum absolute atomic E-state index is 12.4. The second-order valence-electron chi connectivity index (χ2n) is 14.2. The fraction of sp³-hybridized carbons (Fsp3) is 0.929. The highest BCUT2D eigenvalue weighted by Gasteiger charge is 2.56. The molecular formula is C28H48N2O30S3. The Kier molecular flexibility index (Phi) is 18.4. The molecule has 2 amide bonds. The van der Waals surface area contributed by atoms with Crippen molar-refractivity contribution in [3.8, 4) is 0 Å².